The van der Waals surface area contributed by atoms with E-state index in [1.54, 1.807) is 0 Å². The Labute approximate surface area is 216 Å². The Morgan fingerprint density at radius 3 is 2.00 bits per heavy atom. The molecule has 39 heavy (non-hydrogen) atoms. The molecular formula is C24H23F9N6. The Morgan fingerprint density at radius 1 is 0.897 bits per heavy atom. The number of alkyl halides is 9. The van der Waals surface area contributed by atoms with Crippen LogP contribution in [-0.4, -0.2) is 26.8 Å². The Kier molecular flexibility index (Phi) is 7.34. The van der Waals surface area contributed by atoms with Gasteiger partial charge in [-0.2, -0.15) is 44.3 Å². The van der Waals surface area contributed by atoms with Crippen LogP contribution in [0.1, 0.15) is 58.5 Å². The molecule has 212 valence electrons. The molecule has 1 aliphatic heterocycles. The first-order valence-corrected chi connectivity index (χ1v) is 11.8. The van der Waals surface area contributed by atoms with Crippen molar-refractivity contribution in [1.82, 2.24) is 20.2 Å². The van der Waals surface area contributed by atoms with Gasteiger partial charge in [0.1, 0.15) is 0 Å². The first-order chi connectivity index (χ1) is 18.0. The number of nitrogens with two attached hydrogens (primary N) is 1. The van der Waals surface area contributed by atoms with Crippen LogP contribution in [0.5, 0.6) is 0 Å². The van der Waals surface area contributed by atoms with Gasteiger partial charge in [-0.05, 0) is 71.3 Å². The van der Waals surface area contributed by atoms with Crippen molar-refractivity contribution in [2.45, 2.75) is 50.6 Å². The number of hydrazine groups is 1. The number of fused-ring (bicyclic) bond motifs is 1. The van der Waals surface area contributed by atoms with Crippen LogP contribution in [0.4, 0.5) is 45.2 Å². The van der Waals surface area contributed by atoms with E-state index in [2.05, 4.69) is 15.4 Å². The maximum absolute atomic E-state index is 13.8. The van der Waals surface area contributed by atoms with Crippen LogP contribution < -0.4 is 10.9 Å². The number of tetrazole rings is 1. The number of rotatable bonds is 4. The highest BCUT2D eigenvalue weighted by atomic mass is 19.4. The van der Waals surface area contributed by atoms with Crippen LogP contribution in [0.15, 0.2) is 30.3 Å². The average Bonchev–Trinajstić information content (AvgIpc) is 3.20. The van der Waals surface area contributed by atoms with Crippen LogP contribution in [0, 0.1) is 5.92 Å². The lowest BCUT2D eigenvalue weighted by molar-refractivity contribution is -0.143. The van der Waals surface area contributed by atoms with Crippen molar-refractivity contribution in [3.8, 4) is 0 Å². The number of nitrogens with zero attached hydrogens (tertiary/aromatic N) is 5. The van der Waals surface area contributed by atoms with Gasteiger partial charge >= 0.3 is 18.5 Å². The summed E-state index contributed by atoms with van der Waals surface area (Å²) < 4.78 is 122. The summed E-state index contributed by atoms with van der Waals surface area (Å²) in [7, 11) is 1.45. The topological polar surface area (TPSA) is 72.9 Å². The normalized spacial score (nSPS) is 18.7. The Hall–Kier alpha value is -3.36. The second-order valence-electron chi connectivity index (χ2n) is 9.39. The van der Waals surface area contributed by atoms with E-state index in [9.17, 15) is 39.5 Å². The van der Waals surface area contributed by atoms with Gasteiger partial charge in [0.15, 0.2) is 5.82 Å². The van der Waals surface area contributed by atoms with Gasteiger partial charge < -0.3 is 5.01 Å². The van der Waals surface area contributed by atoms with Crippen LogP contribution in [0.3, 0.4) is 0 Å². The largest absolute Gasteiger partial charge is 0.416 e. The first kappa shape index (κ1) is 28.6. The van der Waals surface area contributed by atoms with Gasteiger partial charge in [0.05, 0.1) is 35.3 Å². The second-order valence-corrected chi connectivity index (χ2v) is 9.39. The van der Waals surface area contributed by atoms with Crippen molar-refractivity contribution in [2.75, 3.05) is 11.6 Å². The third-order valence-electron chi connectivity index (χ3n) is 6.74. The van der Waals surface area contributed by atoms with Gasteiger partial charge in [-0.1, -0.05) is 13.0 Å². The summed E-state index contributed by atoms with van der Waals surface area (Å²) in [4.78, 5) is 1.11. The van der Waals surface area contributed by atoms with E-state index in [1.807, 2.05) is 0 Å². The van der Waals surface area contributed by atoms with Gasteiger partial charge in [0.2, 0.25) is 0 Å². The van der Waals surface area contributed by atoms with Gasteiger partial charge in [-0.15, -0.1) is 10.2 Å². The highest BCUT2D eigenvalue weighted by molar-refractivity contribution is 5.61. The van der Waals surface area contributed by atoms with E-state index in [0.717, 1.165) is 15.9 Å². The molecule has 2 unspecified atom stereocenters. The molecule has 0 saturated carbocycles. The molecule has 0 bridgehead atoms. The Bertz CT molecular complexity index is 1310. The summed E-state index contributed by atoms with van der Waals surface area (Å²) >= 11 is 0. The lowest BCUT2D eigenvalue weighted by atomic mass is 9.78. The summed E-state index contributed by atoms with van der Waals surface area (Å²) in [5.41, 5.74) is -3.82. The predicted molar refractivity (Wildman–Crippen MR) is 121 cm³/mol. The monoisotopic (exact) mass is 566 g/mol. The number of hydrogen-bond donors (Lipinski definition) is 1. The standard InChI is InChI=1S/C24H23F9N6/c1-3-13-9-17-19(11-18(13)24(31,32)33)39(34)5-4-14(20(17)21-35-37-38(2)36-21)6-12-7-15(22(25,26)27)10-16(8-12)23(28,29)30/h7-11,14,20H,3-6,34H2,1-2H3. The van der Waals surface area contributed by atoms with Crippen molar-refractivity contribution < 1.29 is 39.5 Å². The number of hydrogen-bond acceptors (Lipinski definition) is 5. The molecule has 0 amide bonds. The van der Waals surface area contributed by atoms with Crippen molar-refractivity contribution in [1.29, 1.82) is 0 Å². The zero-order valence-electron chi connectivity index (χ0n) is 20.6. The van der Waals surface area contributed by atoms with Crippen molar-refractivity contribution in [3.63, 3.8) is 0 Å². The number of halogens is 9. The summed E-state index contributed by atoms with van der Waals surface area (Å²) in [6, 6.07) is 3.55. The third kappa shape index (κ3) is 5.97. The lowest BCUT2D eigenvalue weighted by Crippen LogP contribution is -2.32. The van der Waals surface area contributed by atoms with Crippen LogP contribution in [0.25, 0.3) is 0 Å². The summed E-state index contributed by atoms with van der Waals surface area (Å²) in [5, 5.41) is 13.1. The quantitative estimate of drug-likeness (QED) is 0.315. The molecule has 2 heterocycles. The maximum atomic E-state index is 13.8. The van der Waals surface area contributed by atoms with E-state index >= 15 is 0 Å². The van der Waals surface area contributed by atoms with Gasteiger partial charge in [-0.25, -0.2) is 5.84 Å². The fourth-order valence-corrected chi connectivity index (χ4v) is 4.99. The van der Waals surface area contributed by atoms with E-state index < -0.39 is 47.1 Å². The maximum Gasteiger partial charge on any atom is 0.416 e. The minimum Gasteiger partial charge on any atom is -0.311 e. The van der Waals surface area contributed by atoms with Crippen molar-refractivity contribution >= 4 is 5.69 Å². The summed E-state index contributed by atoms with van der Waals surface area (Å²) in [6.07, 6.45) is -14.9. The molecule has 4 rings (SSSR count). The molecular weight excluding hydrogens is 543 g/mol. The van der Waals surface area contributed by atoms with E-state index in [4.69, 9.17) is 5.84 Å². The molecule has 6 nitrogen and oxygen atoms in total. The molecule has 3 aromatic rings. The number of aromatic nitrogens is 4. The van der Waals surface area contributed by atoms with Crippen molar-refractivity contribution in [3.05, 3.63) is 69.5 Å². The van der Waals surface area contributed by atoms with Crippen LogP contribution in [-0.2, 0) is 38.4 Å². The minimum atomic E-state index is -5.03. The molecule has 1 aliphatic rings. The average molecular weight is 566 g/mol. The van der Waals surface area contributed by atoms with E-state index in [1.165, 1.54) is 20.0 Å². The fraction of sp³-hybridized carbons (Fsp3) is 0.458. The molecule has 1 aromatic heterocycles. The van der Waals surface area contributed by atoms with Crippen molar-refractivity contribution in [2.24, 2.45) is 18.8 Å². The fourth-order valence-electron chi connectivity index (χ4n) is 4.99. The highest BCUT2D eigenvalue weighted by Gasteiger charge is 2.41. The van der Waals surface area contributed by atoms with Gasteiger partial charge in [0.25, 0.3) is 0 Å². The predicted octanol–water partition coefficient (Wildman–Crippen LogP) is 5.90. The van der Waals surface area contributed by atoms with Gasteiger partial charge in [-0.3, -0.25) is 0 Å². The first-order valence-electron chi connectivity index (χ1n) is 11.8. The number of benzene rings is 2. The molecule has 2 aromatic carbocycles. The third-order valence-corrected chi connectivity index (χ3v) is 6.74. The van der Waals surface area contributed by atoms with E-state index in [0.29, 0.717) is 12.1 Å². The molecule has 0 fully saturated rings. The molecule has 2 atom stereocenters. The summed E-state index contributed by atoms with van der Waals surface area (Å²) in [5.74, 6) is 4.53. The lowest BCUT2D eigenvalue weighted by Gasteiger charge is -2.26. The zero-order chi connectivity index (χ0) is 28.9. The molecule has 2 N–H and O–H groups in total. The highest BCUT2D eigenvalue weighted by Crippen LogP contribution is 2.46. The Balaban J connectivity index is 1.89. The minimum absolute atomic E-state index is 0.000544. The van der Waals surface area contributed by atoms with Crippen LogP contribution in [0.2, 0.25) is 0 Å². The summed E-state index contributed by atoms with van der Waals surface area (Å²) in [6.45, 7) is 1.50. The molecule has 0 spiro atoms. The molecule has 0 saturated heterocycles. The van der Waals surface area contributed by atoms with Crippen LogP contribution >= 0.6 is 0 Å². The SMILES string of the molecule is CCc1cc2c(cc1C(F)(F)F)N(N)CCC(Cc1cc(C(F)(F)F)cc(C(F)(F)F)c1)C2c1nnn(C)n1. The number of anilines is 1. The zero-order valence-corrected chi connectivity index (χ0v) is 20.6. The molecule has 15 heteroatoms. The molecule has 0 radical (unpaired) electrons. The smallest absolute Gasteiger partial charge is 0.311 e. The number of aryl methyl sites for hydroxylation is 2. The van der Waals surface area contributed by atoms with Gasteiger partial charge in [0, 0.05) is 6.54 Å². The van der Waals surface area contributed by atoms with E-state index in [-0.39, 0.29) is 60.1 Å². The second kappa shape index (κ2) is 9.99. The Morgan fingerprint density at radius 2 is 1.51 bits per heavy atom. The molecule has 0 aliphatic carbocycles.